The van der Waals surface area contributed by atoms with Crippen molar-refractivity contribution in [2.75, 3.05) is 7.11 Å². The zero-order valence-electron chi connectivity index (χ0n) is 13.6. The predicted octanol–water partition coefficient (Wildman–Crippen LogP) is 3.83. The van der Waals surface area contributed by atoms with Gasteiger partial charge in [0.15, 0.2) is 0 Å². The quantitative estimate of drug-likeness (QED) is 0.624. The van der Waals surface area contributed by atoms with Gasteiger partial charge in [0.05, 0.1) is 21.1 Å². The number of carbonyl (C=O) groups excluding carboxylic acids is 1. The predicted molar refractivity (Wildman–Crippen MR) is 91.3 cm³/mol. The van der Waals surface area contributed by atoms with Crippen molar-refractivity contribution in [3.8, 4) is 0 Å². The number of hydrogen-bond donors (Lipinski definition) is 0. The van der Waals surface area contributed by atoms with Crippen molar-refractivity contribution in [3.63, 3.8) is 0 Å². The number of methoxy groups -OCH3 is 1. The summed E-state index contributed by atoms with van der Waals surface area (Å²) in [5.41, 5.74) is 1.35. The Kier molecular flexibility index (Phi) is 5.04. The lowest BCUT2D eigenvalue weighted by Crippen LogP contribution is -2.39. The Balaban J connectivity index is 2.08. The van der Waals surface area contributed by atoms with E-state index in [2.05, 4.69) is 56.1 Å². The van der Waals surface area contributed by atoms with Gasteiger partial charge in [-0.15, -0.1) is 0 Å². The van der Waals surface area contributed by atoms with Gasteiger partial charge < -0.3 is 4.74 Å². The van der Waals surface area contributed by atoms with E-state index in [1.165, 1.54) is 17.9 Å². The van der Waals surface area contributed by atoms with Crippen LogP contribution in [0.15, 0.2) is 30.3 Å². The number of carbonyl (C=O) groups is 1. The Hall–Kier alpha value is -1.35. The van der Waals surface area contributed by atoms with Crippen LogP contribution in [0.2, 0.25) is 19.6 Å². The molecule has 3 heteroatoms. The first-order valence-electron chi connectivity index (χ1n) is 7.77. The summed E-state index contributed by atoms with van der Waals surface area (Å²) in [5, 5.41) is 1.50. The van der Waals surface area contributed by atoms with Crippen molar-refractivity contribution in [3.05, 3.63) is 35.9 Å². The number of benzene rings is 1. The number of esters is 1. The molecule has 1 fully saturated rings. The van der Waals surface area contributed by atoms with Gasteiger partial charge in [-0.2, -0.15) is 0 Å². The SMILES string of the molecule is COC(=O)C1CCC(/C=C/c2ccccc2[Si](C)(C)C)C1. The molecule has 1 aliphatic carbocycles. The molecule has 0 amide bonds. The van der Waals surface area contributed by atoms with Gasteiger partial charge >= 0.3 is 5.97 Å². The van der Waals surface area contributed by atoms with E-state index in [9.17, 15) is 4.79 Å². The maximum Gasteiger partial charge on any atom is 0.308 e. The van der Waals surface area contributed by atoms with Crippen LogP contribution in [0.4, 0.5) is 0 Å². The fraction of sp³-hybridized carbons (Fsp3) is 0.500. The monoisotopic (exact) mass is 302 g/mol. The first kappa shape index (κ1) is 16.0. The van der Waals surface area contributed by atoms with Crippen LogP contribution < -0.4 is 5.19 Å². The molecule has 0 heterocycles. The molecule has 2 atom stereocenters. The summed E-state index contributed by atoms with van der Waals surface area (Å²) >= 11 is 0. The van der Waals surface area contributed by atoms with Gasteiger partial charge in [0.25, 0.3) is 0 Å². The Morgan fingerprint density at radius 2 is 1.95 bits per heavy atom. The van der Waals surface area contributed by atoms with Gasteiger partial charge in [-0.1, -0.05) is 61.2 Å². The first-order valence-corrected chi connectivity index (χ1v) is 11.3. The van der Waals surface area contributed by atoms with Crippen LogP contribution in [0.5, 0.6) is 0 Å². The van der Waals surface area contributed by atoms with Crippen LogP contribution in [0.1, 0.15) is 24.8 Å². The molecule has 1 saturated carbocycles. The van der Waals surface area contributed by atoms with E-state index >= 15 is 0 Å². The molecule has 0 aliphatic heterocycles. The average Bonchev–Trinajstić information content (AvgIpc) is 2.92. The molecule has 0 radical (unpaired) electrons. The standard InChI is InChI=1S/C18H26O2Si/c1-20-18(19)16-12-10-14(13-16)9-11-15-7-5-6-8-17(15)21(2,3)4/h5-9,11,14,16H,10,12-13H2,1-4H3/b11-9+. The maximum absolute atomic E-state index is 11.6. The van der Waals surface area contributed by atoms with Crippen LogP contribution in [-0.4, -0.2) is 21.2 Å². The highest BCUT2D eigenvalue weighted by atomic mass is 28.3. The molecule has 0 aromatic heterocycles. The minimum Gasteiger partial charge on any atom is -0.469 e. The van der Waals surface area contributed by atoms with E-state index in [-0.39, 0.29) is 11.9 Å². The van der Waals surface area contributed by atoms with Gasteiger partial charge in [0.1, 0.15) is 0 Å². The molecule has 2 nitrogen and oxygen atoms in total. The highest BCUT2D eigenvalue weighted by molar-refractivity contribution is 6.89. The van der Waals surface area contributed by atoms with Gasteiger partial charge in [0, 0.05) is 0 Å². The molecule has 0 N–H and O–H groups in total. The minimum atomic E-state index is -1.32. The van der Waals surface area contributed by atoms with Crippen molar-refractivity contribution in [2.45, 2.75) is 38.9 Å². The van der Waals surface area contributed by atoms with Crippen molar-refractivity contribution >= 4 is 25.3 Å². The zero-order valence-corrected chi connectivity index (χ0v) is 14.6. The van der Waals surface area contributed by atoms with E-state index in [0.29, 0.717) is 5.92 Å². The second kappa shape index (κ2) is 6.61. The fourth-order valence-corrected chi connectivity index (χ4v) is 4.77. The highest BCUT2D eigenvalue weighted by Crippen LogP contribution is 2.32. The summed E-state index contributed by atoms with van der Waals surface area (Å²) < 4.78 is 4.85. The molecule has 1 aliphatic rings. The fourth-order valence-electron chi connectivity index (χ4n) is 3.14. The van der Waals surface area contributed by atoms with Crippen molar-refractivity contribution in [1.82, 2.24) is 0 Å². The van der Waals surface area contributed by atoms with Crippen molar-refractivity contribution in [1.29, 1.82) is 0 Å². The summed E-state index contributed by atoms with van der Waals surface area (Å²) in [5.74, 6) is 0.550. The molecule has 0 saturated heterocycles. The van der Waals surface area contributed by atoms with Crippen LogP contribution in [0.3, 0.4) is 0 Å². The number of ether oxygens (including phenoxy) is 1. The van der Waals surface area contributed by atoms with Gasteiger partial charge in [-0.3, -0.25) is 4.79 Å². The smallest absolute Gasteiger partial charge is 0.308 e. The average molecular weight is 302 g/mol. The number of hydrogen-bond acceptors (Lipinski definition) is 2. The summed E-state index contributed by atoms with van der Waals surface area (Å²) in [4.78, 5) is 11.6. The van der Waals surface area contributed by atoms with Gasteiger partial charge in [-0.25, -0.2) is 0 Å². The third kappa shape index (κ3) is 4.07. The topological polar surface area (TPSA) is 26.3 Å². The molecule has 2 rings (SSSR count). The van der Waals surface area contributed by atoms with Crippen LogP contribution in [-0.2, 0) is 9.53 Å². The summed E-state index contributed by atoms with van der Waals surface area (Å²) in [6.07, 6.45) is 7.53. The molecule has 1 aromatic rings. The normalized spacial score (nSPS) is 22.7. The largest absolute Gasteiger partial charge is 0.469 e. The molecule has 0 spiro atoms. The van der Waals surface area contributed by atoms with Gasteiger partial charge in [-0.05, 0) is 30.7 Å². The molecular formula is C18H26O2Si. The van der Waals surface area contributed by atoms with E-state index in [1.54, 1.807) is 0 Å². The summed E-state index contributed by atoms with van der Waals surface area (Å²) in [6.45, 7) is 7.13. The Labute approximate surface area is 129 Å². The summed E-state index contributed by atoms with van der Waals surface area (Å²) in [6, 6.07) is 8.71. The molecule has 1 aromatic carbocycles. The molecular weight excluding hydrogens is 276 g/mol. The van der Waals surface area contributed by atoms with Gasteiger partial charge in [0.2, 0.25) is 0 Å². The maximum atomic E-state index is 11.6. The molecule has 114 valence electrons. The third-order valence-corrected chi connectivity index (χ3v) is 6.40. The molecule has 0 bridgehead atoms. The Bertz CT molecular complexity index is 528. The van der Waals surface area contributed by atoms with E-state index in [1.807, 2.05) is 0 Å². The van der Waals surface area contributed by atoms with E-state index < -0.39 is 8.07 Å². The Morgan fingerprint density at radius 1 is 1.24 bits per heavy atom. The lowest BCUT2D eigenvalue weighted by atomic mass is 10.0. The highest BCUT2D eigenvalue weighted by Gasteiger charge is 2.29. The Morgan fingerprint density at radius 3 is 2.62 bits per heavy atom. The summed E-state index contributed by atoms with van der Waals surface area (Å²) in [7, 11) is 0.165. The van der Waals surface area contributed by atoms with E-state index in [4.69, 9.17) is 4.74 Å². The first-order chi connectivity index (χ1) is 9.91. The molecule has 2 unspecified atom stereocenters. The zero-order chi connectivity index (χ0) is 15.5. The number of allylic oxidation sites excluding steroid dienone is 1. The van der Waals surface area contributed by atoms with Crippen LogP contribution >= 0.6 is 0 Å². The third-order valence-electron chi connectivity index (χ3n) is 4.32. The number of rotatable bonds is 4. The van der Waals surface area contributed by atoms with Crippen LogP contribution in [0.25, 0.3) is 6.08 Å². The lowest BCUT2D eigenvalue weighted by molar-refractivity contribution is -0.145. The van der Waals surface area contributed by atoms with Crippen molar-refractivity contribution in [2.24, 2.45) is 11.8 Å². The second-order valence-corrected chi connectivity index (χ2v) is 12.0. The van der Waals surface area contributed by atoms with Crippen molar-refractivity contribution < 1.29 is 9.53 Å². The molecule has 21 heavy (non-hydrogen) atoms. The second-order valence-electron chi connectivity index (χ2n) is 6.99. The lowest BCUT2D eigenvalue weighted by Gasteiger charge is -2.19. The van der Waals surface area contributed by atoms with Crippen LogP contribution in [0, 0.1) is 11.8 Å². The minimum absolute atomic E-state index is 0.0478. The van der Waals surface area contributed by atoms with E-state index in [0.717, 1.165) is 19.3 Å².